The molecule has 3 aromatic rings. The minimum Gasteiger partial charge on any atom is -0.355 e. The van der Waals surface area contributed by atoms with Gasteiger partial charge >= 0.3 is 0 Å². The van der Waals surface area contributed by atoms with Gasteiger partial charge in [-0.2, -0.15) is 0 Å². The Morgan fingerprint density at radius 3 is 1.87 bits per heavy atom. The summed E-state index contributed by atoms with van der Waals surface area (Å²) in [6, 6.07) is 12.2. The standard InChI is InChI=1S/C25H20F4O2/c1-2-3-17-8-9-19(23(27)22(17)26)15-4-6-16(7-5-15)20-10-11-21(25(29)24(20)28)18-12-30-14-31-13-18/h2,4-11,18H,1,3,12-14H2. The summed E-state index contributed by atoms with van der Waals surface area (Å²) in [5.41, 5.74) is 1.45. The van der Waals surface area contributed by atoms with Crippen molar-refractivity contribution in [2.75, 3.05) is 20.0 Å². The van der Waals surface area contributed by atoms with E-state index in [2.05, 4.69) is 6.58 Å². The lowest BCUT2D eigenvalue weighted by molar-refractivity contribution is -0.108. The summed E-state index contributed by atoms with van der Waals surface area (Å²) in [7, 11) is 0. The van der Waals surface area contributed by atoms with E-state index in [1.54, 1.807) is 24.3 Å². The summed E-state index contributed by atoms with van der Waals surface area (Å²) in [6.45, 7) is 4.20. The third-order valence-electron chi connectivity index (χ3n) is 5.39. The molecule has 31 heavy (non-hydrogen) atoms. The van der Waals surface area contributed by atoms with Gasteiger partial charge in [0.2, 0.25) is 0 Å². The molecule has 0 aromatic heterocycles. The molecule has 1 aliphatic rings. The van der Waals surface area contributed by atoms with Crippen molar-refractivity contribution in [3.63, 3.8) is 0 Å². The highest BCUT2D eigenvalue weighted by atomic mass is 19.2. The van der Waals surface area contributed by atoms with E-state index in [9.17, 15) is 17.6 Å². The zero-order valence-corrected chi connectivity index (χ0v) is 16.6. The number of hydrogen-bond donors (Lipinski definition) is 0. The van der Waals surface area contributed by atoms with Crippen LogP contribution in [0.2, 0.25) is 0 Å². The number of benzene rings is 3. The van der Waals surface area contributed by atoms with Crippen molar-refractivity contribution in [2.24, 2.45) is 0 Å². The van der Waals surface area contributed by atoms with Crippen LogP contribution in [-0.4, -0.2) is 20.0 Å². The summed E-state index contributed by atoms with van der Waals surface area (Å²) in [4.78, 5) is 0. The average Bonchev–Trinajstić information content (AvgIpc) is 2.80. The third-order valence-corrected chi connectivity index (χ3v) is 5.39. The van der Waals surface area contributed by atoms with Crippen LogP contribution in [0.5, 0.6) is 0 Å². The Morgan fingerprint density at radius 1 is 0.742 bits per heavy atom. The minimum absolute atomic E-state index is 0.0819. The van der Waals surface area contributed by atoms with E-state index in [1.165, 1.54) is 30.3 Å². The van der Waals surface area contributed by atoms with Crippen molar-refractivity contribution in [1.82, 2.24) is 0 Å². The number of halogens is 4. The van der Waals surface area contributed by atoms with Gasteiger partial charge in [-0.1, -0.05) is 54.6 Å². The molecule has 0 bridgehead atoms. The topological polar surface area (TPSA) is 18.5 Å². The monoisotopic (exact) mass is 428 g/mol. The van der Waals surface area contributed by atoms with Gasteiger partial charge in [0.1, 0.15) is 6.79 Å². The molecular formula is C25H20F4O2. The molecule has 1 aliphatic heterocycles. The second kappa shape index (κ2) is 9.04. The normalized spacial score (nSPS) is 14.6. The van der Waals surface area contributed by atoms with Gasteiger partial charge < -0.3 is 9.47 Å². The Labute approximate surface area is 177 Å². The van der Waals surface area contributed by atoms with Crippen LogP contribution in [0.4, 0.5) is 17.6 Å². The van der Waals surface area contributed by atoms with Crippen molar-refractivity contribution in [2.45, 2.75) is 12.3 Å². The maximum atomic E-state index is 14.8. The summed E-state index contributed by atoms with van der Waals surface area (Å²) in [6.07, 6.45) is 1.72. The molecule has 0 unspecified atom stereocenters. The largest absolute Gasteiger partial charge is 0.355 e. The smallest absolute Gasteiger partial charge is 0.166 e. The highest BCUT2D eigenvalue weighted by Crippen LogP contribution is 2.33. The SMILES string of the molecule is C=CCc1ccc(-c2ccc(-c3ccc(C4COCOC4)c(F)c3F)cc2)c(F)c1F. The number of hydrogen-bond acceptors (Lipinski definition) is 2. The van der Waals surface area contributed by atoms with E-state index >= 15 is 0 Å². The van der Waals surface area contributed by atoms with Crippen molar-refractivity contribution in [1.29, 1.82) is 0 Å². The first-order valence-electron chi connectivity index (χ1n) is 9.83. The summed E-state index contributed by atoms with van der Waals surface area (Å²) < 4.78 is 68.5. The molecule has 6 heteroatoms. The molecular weight excluding hydrogens is 408 g/mol. The first kappa shape index (κ1) is 21.3. The average molecular weight is 428 g/mol. The summed E-state index contributed by atoms with van der Waals surface area (Å²) >= 11 is 0. The van der Waals surface area contributed by atoms with Gasteiger partial charge in [0.25, 0.3) is 0 Å². The first-order chi connectivity index (χ1) is 15.0. The van der Waals surface area contributed by atoms with Crippen molar-refractivity contribution >= 4 is 0 Å². The fraction of sp³-hybridized carbons (Fsp3) is 0.200. The van der Waals surface area contributed by atoms with Crippen LogP contribution < -0.4 is 0 Å². The van der Waals surface area contributed by atoms with Crippen LogP contribution in [-0.2, 0) is 15.9 Å². The zero-order valence-electron chi connectivity index (χ0n) is 16.6. The maximum absolute atomic E-state index is 14.8. The Hall–Kier alpha value is -2.96. The highest BCUT2D eigenvalue weighted by molar-refractivity contribution is 5.71. The second-order valence-electron chi connectivity index (χ2n) is 7.36. The Bertz CT molecular complexity index is 1100. The predicted molar refractivity (Wildman–Crippen MR) is 111 cm³/mol. The van der Waals surface area contributed by atoms with Crippen LogP contribution in [0.3, 0.4) is 0 Å². The van der Waals surface area contributed by atoms with Gasteiger partial charge in [0, 0.05) is 17.0 Å². The molecule has 0 spiro atoms. The molecule has 0 atom stereocenters. The summed E-state index contributed by atoms with van der Waals surface area (Å²) in [5.74, 6) is -4.15. The molecule has 1 saturated heterocycles. The van der Waals surface area contributed by atoms with Crippen LogP contribution in [0, 0.1) is 23.3 Å². The molecule has 0 amide bonds. The van der Waals surface area contributed by atoms with E-state index in [0.717, 1.165) is 0 Å². The van der Waals surface area contributed by atoms with E-state index in [4.69, 9.17) is 9.47 Å². The molecule has 0 radical (unpaired) electrons. The Morgan fingerprint density at radius 2 is 1.29 bits per heavy atom. The van der Waals surface area contributed by atoms with E-state index in [0.29, 0.717) is 11.1 Å². The lowest BCUT2D eigenvalue weighted by Gasteiger charge is -2.23. The van der Waals surface area contributed by atoms with E-state index in [-0.39, 0.29) is 54.6 Å². The van der Waals surface area contributed by atoms with Gasteiger partial charge in [-0.05, 0) is 28.7 Å². The molecule has 1 heterocycles. The van der Waals surface area contributed by atoms with Gasteiger partial charge in [-0.25, -0.2) is 17.6 Å². The predicted octanol–water partition coefficient (Wildman–Crippen LogP) is 6.39. The number of rotatable bonds is 5. The Kier molecular flexibility index (Phi) is 6.20. The molecule has 0 saturated carbocycles. The first-order valence-corrected chi connectivity index (χ1v) is 9.83. The summed E-state index contributed by atoms with van der Waals surface area (Å²) in [5, 5.41) is 0. The fourth-order valence-electron chi connectivity index (χ4n) is 3.72. The van der Waals surface area contributed by atoms with Crippen LogP contribution in [0.15, 0.2) is 61.2 Å². The fourth-order valence-corrected chi connectivity index (χ4v) is 3.72. The maximum Gasteiger partial charge on any atom is 0.166 e. The molecule has 3 aromatic carbocycles. The highest BCUT2D eigenvalue weighted by Gasteiger charge is 2.24. The van der Waals surface area contributed by atoms with Crippen molar-refractivity contribution < 1.29 is 27.0 Å². The Balaban J connectivity index is 1.64. The lowest BCUT2D eigenvalue weighted by atomic mass is 9.94. The van der Waals surface area contributed by atoms with Crippen LogP contribution in [0.25, 0.3) is 22.3 Å². The number of ether oxygens (including phenoxy) is 2. The molecule has 0 aliphatic carbocycles. The quantitative estimate of drug-likeness (QED) is 0.346. The zero-order chi connectivity index (χ0) is 22.0. The minimum atomic E-state index is -0.971. The molecule has 160 valence electrons. The second-order valence-corrected chi connectivity index (χ2v) is 7.36. The van der Waals surface area contributed by atoms with Gasteiger partial charge in [-0.15, -0.1) is 6.58 Å². The molecule has 0 N–H and O–H groups in total. The van der Waals surface area contributed by atoms with Gasteiger partial charge in [0.05, 0.1) is 13.2 Å². The van der Waals surface area contributed by atoms with E-state index < -0.39 is 23.3 Å². The van der Waals surface area contributed by atoms with Gasteiger partial charge in [-0.3, -0.25) is 0 Å². The van der Waals surface area contributed by atoms with Crippen molar-refractivity contribution in [3.05, 3.63) is 95.6 Å². The van der Waals surface area contributed by atoms with Gasteiger partial charge in [0.15, 0.2) is 23.3 Å². The van der Waals surface area contributed by atoms with E-state index in [1.807, 2.05) is 0 Å². The third kappa shape index (κ3) is 4.13. The molecule has 4 rings (SSSR count). The lowest BCUT2D eigenvalue weighted by Crippen LogP contribution is -2.23. The molecule has 2 nitrogen and oxygen atoms in total. The molecule has 1 fully saturated rings. The van der Waals surface area contributed by atoms with Crippen molar-refractivity contribution in [3.8, 4) is 22.3 Å². The van der Waals surface area contributed by atoms with Crippen LogP contribution >= 0.6 is 0 Å². The number of allylic oxidation sites excluding steroid dienone is 1. The van der Waals surface area contributed by atoms with Crippen LogP contribution in [0.1, 0.15) is 17.0 Å².